The predicted molar refractivity (Wildman–Crippen MR) is 181 cm³/mol. The molecule has 3 aromatic carbocycles. The average molecular weight is 740 g/mol. The minimum absolute atomic E-state index is 0.00231. The Morgan fingerprint density at radius 3 is 1.73 bits per heavy atom. The number of hydrogen-bond acceptors (Lipinski definition) is 12. The van der Waals surface area contributed by atoms with Gasteiger partial charge in [0.1, 0.15) is 34.7 Å². The van der Waals surface area contributed by atoms with Crippen molar-refractivity contribution in [3.63, 3.8) is 0 Å². The summed E-state index contributed by atoms with van der Waals surface area (Å²) < 4.78 is 92.7. The number of hydrogen-bond donors (Lipinski definition) is 1. The molecule has 0 spiro atoms. The van der Waals surface area contributed by atoms with Crippen molar-refractivity contribution >= 4 is 22.0 Å². The van der Waals surface area contributed by atoms with E-state index >= 15 is 0 Å². The van der Waals surface area contributed by atoms with Crippen molar-refractivity contribution in [3.05, 3.63) is 82.9 Å². The summed E-state index contributed by atoms with van der Waals surface area (Å²) in [5, 5.41) is 2.37. The van der Waals surface area contributed by atoms with E-state index in [4.69, 9.17) is 33.2 Å². The number of halogens is 2. The lowest BCUT2D eigenvalue weighted by atomic mass is 9.98. The molecule has 0 aliphatic rings. The molecule has 280 valence electrons. The van der Waals surface area contributed by atoms with Crippen LogP contribution in [0.5, 0.6) is 11.5 Å². The van der Waals surface area contributed by atoms with Crippen LogP contribution in [0.3, 0.4) is 0 Å². The molecule has 0 heterocycles. The molecule has 0 aromatic heterocycles. The van der Waals surface area contributed by atoms with E-state index in [1.807, 2.05) is 12.1 Å². The van der Waals surface area contributed by atoms with Crippen molar-refractivity contribution in [2.45, 2.75) is 19.1 Å². The maximum absolute atomic E-state index is 14.1. The van der Waals surface area contributed by atoms with Crippen molar-refractivity contribution in [2.75, 3.05) is 80.4 Å². The molecular weight excluding hydrogens is 696 g/mol. The summed E-state index contributed by atoms with van der Waals surface area (Å²) in [7, 11) is 0.755. The predicted octanol–water partition coefficient (Wildman–Crippen LogP) is 3.71. The van der Waals surface area contributed by atoms with E-state index in [0.717, 1.165) is 42.7 Å². The summed E-state index contributed by atoms with van der Waals surface area (Å²) in [6.07, 6.45) is 0.973. The van der Waals surface area contributed by atoms with Crippen molar-refractivity contribution in [2.24, 2.45) is 0 Å². The van der Waals surface area contributed by atoms with Crippen LogP contribution in [0.25, 0.3) is 11.1 Å². The van der Waals surface area contributed by atoms with Crippen LogP contribution in [0.15, 0.2) is 54.6 Å². The van der Waals surface area contributed by atoms with Gasteiger partial charge in [-0.25, -0.2) is 13.6 Å². The zero-order valence-electron chi connectivity index (χ0n) is 28.9. The zero-order valence-corrected chi connectivity index (χ0v) is 29.7. The van der Waals surface area contributed by atoms with Gasteiger partial charge in [-0.15, -0.1) is 0 Å². The van der Waals surface area contributed by atoms with Crippen molar-refractivity contribution < 1.29 is 64.1 Å². The quantitative estimate of drug-likeness (QED) is 0.0857. The highest BCUT2D eigenvalue weighted by Crippen LogP contribution is 2.40. The number of methoxy groups -OCH3 is 3. The van der Waals surface area contributed by atoms with E-state index in [1.165, 1.54) is 14.2 Å². The van der Waals surface area contributed by atoms with Crippen LogP contribution in [0.1, 0.15) is 21.5 Å². The second-order valence-electron chi connectivity index (χ2n) is 10.8. The van der Waals surface area contributed by atoms with Crippen molar-refractivity contribution in [3.8, 4) is 22.6 Å². The normalized spacial score (nSPS) is 12.0. The number of esters is 1. The van der Waals surface area contributed by atoms with Gasteiger partial charge < -0.3 is 38.5 Å². The number of rotatable bonds is 23. The van der Waals surface area contributed by atoms with Crippen molar-refractivity contribution in [1.82, 2.24) is 5.32 Å². The fourth-order valence-electron chi connectivity index (χ4n) is 4.75. The Morgan fingerprint density at radius 2 is 1.24 bits per heavy atom. The van der Waals surface area contributed by atoms with E-state index in [2.05, 4.69) is 9.50 Å². The molecule has 0 aliphatic carbocycles. The van der Waals surface area contributed by atoms with Gasteiger partial charge in [0.25, 0.3) is 16.0 Å². The summed E-state index contributed by atoms with van der Waals surface area (Å²) in [4.78, 5) is 25.1. The van der Waals surface area contributed by atoms with E-state index < -0.39 is 45.2 Å². The fourth-order valence-corrected chi connectivity index (χ4v) is 5.12. The summed E-state index contributed by atoms with van der Waals surface area (Å²) >= 11 is 0. The molecule has 3 rings (SSSR count). The van der Waals surface area contributed by atoms with Crippen LogP contribution < -0.4 is 14.8 Å². The molecule has 0 radical (unpaired) electrons. The number of benzene rings is 3. The van der Waals surface area contributed by atoms with Gasteiger partial charge in [-0.05, 0) is 41.0 Å². The van der Waals surface area contributed by atoms with Gasteiger partial charge in [-0.2, -0.15) is 8.42 Å². The largest absolute Gasteiger partial charge is 0.496 e. The average Bonchev–Trinajstić information content (AvgIpc) is 3.10. The molecule has 1 atom stereocenters. The smallest absolute Gasteiger partial charge is 0.328 e. The minimum atomic E-state index is -3.47. The zero-order chi connectivity index (χ0) is 37.2. The third-order valence-electron chi connectivity index (χ3n) is 7.14. The number of nitrogens with one attached hydrogen (secondary N) is 1. The lowest BCUT2D eigenvalue weighted by molar-refractivity contribution is -0.142. The third-order valence-corrected chi connectivity index (χ3v) is 7.73. The number of carbonyl (C=O) groups excluding carboxylic acids is 2. The first kappa shape index (κ1) is 41.2. The molecule has 0 fully saturated rings. The van der Waals surface area contributed by atoms with E-state index in [-0.39, 0.29) is 26.2 Å². The Bertz CT molecular complexity index is 1630. The lowest BCUT2D eigenvalue weighted by Crippen LogP contribution is -2.43. The van der Waals surface area contributed by atoms with Gasteiger partial charge >= 0.3 is 5.97 Å². The summed E-state index contributed by atoms with van der Waals surface area (Å²) in [5.41, 5.74) is 2.08. The molecule has 0 aliphatic heterocycles. The second-order valence-corrected chi connectivity index (χ2v) is 12.5. The highest BCUT2D eigenvalue weighted by Gasteiger charge is 2.26. The van der Waals surface area contributed by atoms with Crippen LogP contribution in [-0.4, -0.2) is 107 Å². The topological polar surface area (TPSA) is 154 Å². The van der Waals surface area contributed by atoms with Crippen molar-refractivity contribution in [1.29, 1.82) is 0 Å². The number of amides is 1. The molecular formula is C35H43F2NO12S. The first-order valence-corrected chi connectivity index (χ1v) is 17.6. The SMILES string of the molecule is COC(=O)[C@H](Cc1ccc(-c2c(OC)cc(COCCOCCOCCOCCOS(C)(=O)=O)cc2OC)cc1)NC(=O)c1c(F)cccc1F. The highest BCUT2D eigenvalue weighted by atomic mass is 32.2. The molecule has 0 bridgehead atoms. The maximum atomic E-state index is 14.1. The van der Waals surface area contributed by atoms with Gasteiger partial charge in [-0.3, -0.25) is 8.98 Å². The Labute approximate surface area is 296 Å². The standard InChI is InChI=1S/C35H43F2NO12S/c1-43-30-21-25(23-49-17-16-47-13-12-46-14-15-48-18-19-50-51(4,41)42)22-31(44-2)32(30)26-10-8-24(9-11-26)20-29(35(40)45-3)38-34(39)33-27(36)6-5-7-28(33)37/h5-11,21-22,29H,12-20,23H2,1-4H3,(H,38,39)/t29-/m0/s1. The third kappa shape index (κ3) is 13.8. The molecule has 13 nitrogen and oxygen atoms in total. The summed E-state index contributed by atoms with van der Waals surface area (Å²) in [6, 6.07) is 12.6. The van der Waals surface area contributed by atoms with Gasteiger partial charge in [0, 0.05) is 6.42 Å². The van der Waals surface area contributed by atoms with Gasteiger partial charge in [0.2, 0.25) is 0 Å². The molecule has 0 saturated heterocycles. The molecule has 1 amide bonds. The lowest BCUT2D eigenvalue weighted by Gasteiger charge is -2.18. The van der Waals surface area contributed by atoms with E-state index in [0.29, 0.717) is 62.3 Å². The first-order valence-electron chi connectivity index (χ1n) is 15.8. The maximum Gasteiger partial charge on any atom is 0.328 e. The van der Waals surface area contributed by atoms with Gasteiger partial charge in [0.05, 0.1) is 92.6 Å². The summed E-state index contributed by atoms with van der Waals surface area (Å²) in [6.45, 7) is 2.41. The first-order chi connectivity index (χ1) is 24.5. The number of carbonyl (C=O) groups is 2. The Balaban J connectivity index is 1.50. The van der Waals surface area contributed by atoms with Gasteiger partial charge in [0.15, 0.2) is 0 Å². The minimum Gasteiger partial charge on any atom is -0.496 e. The van der Waals surface area contributed by atoms with Gasteiger partial charge in [-0.1, -0.05) is 30.3 Å². The van der Waals surface area contributed by atoms with Crippen LogP contribution in [0.4, 0.5) is 8.78 Å². The van der Waals surface area contributed by atoms with E-state index in [1.54, 1.807) is 24.3 Å². The molecule has 1 N–H and O–H groups in total. The van der Waals surface area contributed by atoms with Crippen LogP contribution in [-0.2, 0) is 55.8 Å². The molecule has 3 aromatic rings. The molecule has 51 heavy (non-hydrogen) atoms. The Morgan fingerprint density at radius 1 is 0.725 bits per heavy atom. The van der Waals surface area contributed by atoms with Crippen LogP contribution in [0, 0.1) is 11.6 Å². The second kappa shape index (κ2) is 21.2. The Kier molecular flexibility index (Phi) is 17.2. The fraction of sp³-hybridized carbons (Fsp3) is 0.429. The monoisotopic (exact) mass is 739 g/mol. The Hall–Kier alpha value is -4.19. The van der Waals surface area contributed by atoms with Crippen LogP contribution >= 0.6 is 0 Å². The highest BCUT2D eigenvalue weighted by molar-refractivity contribution is 7.85. The molecule has 16 heteroatoms. The summed E-state index contributed by atoms with van der Waals surface area (Å²) in [5.74, 6) is -2.88. The number of ether oxygens (including phenoxy) is 7. The molecule has 0 saturated carbocycles. The van der Waals surface area contributed by atoms with E-state index in [9.17, 15) is 26.8 Å². The molecule has 0 unspecified atom stereocenters. The van der Waals surface area contributed by atoms with Crippen LogP contribution in [0.2, 0.25) is 0 Å².